The van der Waals surface area contributed by atoms with Gasteiger partial charge in [0.05, 0.1) is 5.54 Å². The topological polar surface area (TPSA) is 15.3 Å². The SMILES string of the molecule is C/C=C/CN1CC(C)(c2ccccc2)NCC1(CC)CC. The van der Waals surface area contributed by atoms with Crippen LogP contribution in [0.4, 0.5) is 0 Å². The first-order valence-electron chi connectivity index (χ1n) is 8.27. The van der Waals surface area contributed by atoms with Crippen LogP contribution in [0.5, 0.6) is 0 Å². The lowest BCUT2D eigenvalue weighted by molar-refractivity contribution is 0.0113. The molecule has 1 fully saturated rings. The Balaban J connectivity index is 2.27. The van der Waals surface area contributed by atoms with Crippen molar-refractivity contribution < 1.29 is 0 Å². The van der Waals surface area contributed by atoms with Gasteiger partial charge in [0.1, 0.15) is 0 Å². The van der Waals surface area contributed by atoms with Crippen LogP contribution in [-0.2, 0) is 5.54 Å². The molecule has 0 aromatic heterocycles. The van der Waals surface area contributed by atoms with Gasteiger partial charge < -0.3 is 5.32 Å². The number of nitrogens with one attached hydrogen (secondary N) is 1. The third-order valence-corrected chi connectivity index (χ3v) is 5.27. The Morgan fingerprint density at radius 1 is 1.19 bits per heavy atom. The second-order valence-electron chi connectivity index (χ2n) is 6.43. The van der Waals surface area contributed by atoms with Crippen LogP contribution in [0.15, 0.2) is 42.5 Å². The first-order valence-corrected chi connectivity index (χ1v) is 8.27. The Bertz CT molecular complexity index is 462. The summed E-state index contributed by atoms with van der Waals surface area (Å²) in [5.74, 6) is 0. The summed E-state index contributed by atoms with van der Waals surface area (Å²) in [7, 11) is 0. The summed E-state index contributed by atoms with van der Waals surface area (Å²) >= 11 is 0. The number of nitrogens with zero attached hydrogens (tertiary/aromatic N) is 1. The maximum Gasteiger partial charge on any atom is 0.0535 e. The zero-order chi connectivity index (χ0) is 15.3. The number of hydrogen-bond acceptors (Lipinski definition) is 2. The molecule has 2 nitrogen and oxygen atoms in total. The van der Waals surface area contributed by atoms with E-state index < -0.39 is 0 Å². The van der Waals surface area contributed by atoms with Crippen LogP contribution in [0.25, 0.3) is 0 Å². The molecular weight excluding hydrogens is 256 g/mol. The van der Waals surface area contributed by atoms with Crippen molar-refractivity contribution in [1.29, 1.82) is 0 Å². The molecule has 0 amide bonds. The van der Waals surface area contributed by atoms with E-state index in [9.17, 15) is 0 Å². The van der Waals surface area contributed by atoms with Gasteiger partial charge in [-0.2, -0.15) is 0 Å². The fraction of sp³-hybridized carbons (Fsp3) is 0.579. The highest BCUT2D eigenvalue weighted by atomic mass is 15.3. The summed E-state index contributed by atoms with van der Waals surface area (Å²) in [6.07, 6.45) is 6.84. The van der Waals surface area contributed by atoms with Crippen LogP contribution in [0, 0.1) is 0 Å². The molecule has 1 saturated heterocycles. The van der Waals surface area contributed by atoms with Crippen molar-refractivity contribution in [3.63, 3.8) is 0 Å². The van der Waals surface area contributed by atoms with Gasteiger partial charge in [0.2, 0.25) is 0 Å². The van der Waals surface area contributed by atoms with Crippen LogP contribution in [0.3, 0.4) is 0 Å². The summed E-state index contributed by atoms with van der Waals surface area (Å²) in [5, 5.41) is 3.85. The minimum atomic E-state index is 0.0384. The van der Waals surface area contributed by atoms with Crippen molar-refractivity contribution in [2.24, 2.45) is 0 Å². The maximum atomic E-state index is 3.85. The monoisotopic (exact) mass is 286 g/mol. The number of piperazine rings is 1. The van der Waals surface area contributed by atoms with Crippen molar-refractivity contribution in [3.05, 3.63) is 48.0 Å². The van der Waals surface area contributed by atoms with Gasteiger partial charge in [0.25, 0.3) is 0 Å². The van der Waals surface area contributed by atoms with Gasteiger partial charge in [-0.25, -0.2) is 0 Å². The third-order valence-electron chi connectivity index (χ3n) is 5.27. The molecule has 0 spiro atoms. The second kappa shape index (κ2) is 6.76. The summed E-state index contributed by atoms with van der Waals surface area (Å²) in [4.78, 5) is 2.68. The Hall–Kier alpha value is -1.12. The highest BCUT2D eigenvalue weighted by Crippen LogP contribution is 2.34. The maximum absolute atomic E-state index is 3.85. The quantitative estimate of drug-likeness (QED) is 0.825. The van der Waals surface area contributed by atoms with E-state index >= 15 is 0 Å². The fourth-order valence-corrected chi connectivity index (χ4v) is 3.51. The lowest BCUT2D eigenvalue weighted by Crippen LogP contribution is -2.67. The van der Waals surface area contributed by atoms with Crippen LogP contribution >= 0.6 is 0 Å². The Morgan fingerprint density at radius 2 is 1.86 bits per heavy atom. The predicted molar refractivity (Wildman–Crippen MR) is 91.5 cm³/mol. The van der Waals surface area contributed by atoms with Gasteiger partial charge in [-0.15, -0.1) is 0 Å². The highest BCUT2D eigenvalue weighted by Gasteiger charge is 2.43. The molecule has 21 heavy (non-hydrogen) atoms. The molecular formula is C19H30N2. The van der Waals surface area contributed by atoms with Crippen molar-refractivity contribution in [2.45, 2.75) is 51.6 Å². The van der Waals surface area contributed by atoms with E-state index in [0.29, 0.717) is 0 Å². The van der Waals surface area contributed by atoms with Crippen LogP contribution < -0.4 is 5.32 Å². The molecule has 1 aromatic carbocycles. The molecule has 2 rings (SSSR count). The fourth-order valence-electron chi connectivity index (χ4n) is 3.51. The molecule has 116 valence electrons. The number of benzene rings is 1. The lowest BCUT2D eigenvalue weighted by Gasteiger charge is -2.53. The van der Waals surface area contributed by atoms with E-state index in [1.165, 1.54) is 18.4 Å². The molecule has 2 heteroatoms. The van der Waals surface area contributed by atoms with Crippen molar-refractivity contribution in [3.8, 4) is 0 Å². The summed E-state index contributed by atoms with van der Waals surface area (Å²) < 4.78 is 0. The van der Waals surface area contributed by atoms with E-state index in [-0.39, 0.29) is 11.1 Å². The van der Waals surface area contributed by atoms with Crippen molar-refractivity contribution in [2.75, 3.05) is 19.6 Å². The van der Waals surface area contributed by atoms with E-state index in [2.05, 4.69) is 80.4 Å². The molecule has 1 atom stereocenters. The van der Waals surface area contributed by atoms with Gasteiger partial charge in [-0.3, -0.25) is 4.90 Å². The van der Waals surface area contributed by atoms with Crippen molar-refractivity contribution >= 4 is 0 Å². The van der Waals surface area contributed by atoms with Crippen LogP contribution in [0.1, 0.15) is 46.1 Å². The summed E-state index contributed by atoms with van der Waals surface area (Å²) in [6.45, 7) is 12.2. The Labute approximate surface area is 130 Å². The molecule has 0 radical (unpaired) electrons. The van der Waals surface area contributed by atoms with Crippen LogP contribution in [0.2, 0.25) is 0 Å². The Morgan fingerprint density at radius 3 is 2.43 bits per heavy atom. The predicted octanol–water partition coefficient (Wildman–Crippen LogP) is 3.94. The number of hydrogen-bond donors (Lipinski definition) is 1. The minimum Gasteiger partial charge on any atom is -0.305 e. The van der Waals surface area contributed by atoms with Gasteiger partial charge in [-0.1, -0.05) is 56.3 Å². The molecule has 0 bridgehead atoms. The van der Waals surface area contributed by atoms with Crippen LogP contribution in [-0.4, -0.2) is 30.1 Å². The van der Waals surface area contributed by atoms with Gasteiger partial charge in [-0.05, 0) is 32.3 Å². The van der Waals surface area contributed by atoms with E-state index in [1.54, 1.807) is 0 Å². The van der Waals surface area contributed by atoms with E-state index in [0.717, 1.165) is 19.6 Å². The van der Waals surface area contributed by atoms with Gasteiger partial charge in [0.15, 0.2) is 0 Å². The molecule has 0 aliphatic carbocycles. The lowest BCUT2D eigenvalue weighted by atomic mass is 9.80. The van der Waals surface area contributed by atoms with E-state index in [4.69, 9.17) is 0 Å². The minimum absolute atomic E-state index is 0.0384. The zero-order valence-corrected chi connectivity index (χ0v) is 14.0. The van der Waals surface area contributed by atoms with E-state index in [1.807, 2.05) is 0 Å². The smallest absolute Gasteiger partial charge is 0.0535 e. The standard InChI is InChI=1S/C19H30N2/c1-5-8-14-21-16-18(4,17-12-10-9-11-13-17)20-15-19(21,6-2)7-3/h5,8-13,20H,6-7,14-16H2,1-4H3/b8-5+. The highest BCUT2D eigenvalue weighted by molar-refractivity contribution is 5.26. The Kier molecular flexibility index (Phi) is 5.23. The number of allylic oxidation sites excluding steroid dienone is 1. The molecule has 1 aliphatic heterocycles. The third kappa shape index (κ3) is 3.22. The van der Waals surface area contributed by atoms with Gasteiger partial charge >= 0.3 is 0 Å². The average Bonchev–Trinajstić information content (AvgIpc) is 2.54. The molecule has 1 heterocycles. The second-order valence-corrected chi connectivity index (χ2v) is 6.43. The summed E-state index contributed by atoms with van der Waals surface area (Å²) in [6, 6.07) is 10.9. The molecule has 1 aliphatic rings. The number of rotatable bonds is 5. The zero-order valence-electron chi connectivity index (χ0n) is 14.0. The normalized spacial score (nSPS) is 26.3. The molecule has 1 N–H and O–H groups in total. The van der Waals surface area contributed by atoms with Crippen molar-refractivity contribution in [1.82, 2.24) is 10.2 Å². The first-order chi connectivity index (χ1) is 10.1. The molecule has 1 aromatic rings. The first kappa shape index (κ1) is 16.3. The van der Waals surface area contributed by atoms with Gasteiger partial charge in [0, 0.05) is 25.2 Å². The molecule has 0 saturated carbocycles. The largest absolute Gasteiger partial charge is 0.305 e. The summed E-state index contributed by atoms with van der Waals surface area (Å²) in [5.41, 5.74) is 1.71. The average molecular weight is 286 g/mol. The molecule has 1 unspecified atom stereocenters.